The van der Waals surface area contributed by atoms with Crippen molar-refractivity contribution in [2.45, 2.75) is 38.9 Å². The quantitative estimate of drug-likeness (QED) is 0.873. The molecule has 0 aliphatic carbocycles. The Morgan fingerprint density at radius 1 is 1.11 bits per heavy atom. The molecule has 2 heterocycles. The highest BCUT2D eigenvalue weighted by atomic mass is 16.7. The van der Waals surface area contributed by atoms with Gasteiger partial charge < -0.3 is 19.5 Å². The van der Waals surface area contributed by atoms with Crippen LogP contribution in [-0.4, -0.2) is 25.0 Å². The third kappa shape index (κ3) is 2.51. The fourth-order valence-electron chi connectivity index (χ4n) is 2.27. The molecule has 1 fully saturated rings. The Hall–Kier alpha value is -1.10. The average molecular weight is 249 g/mol. The lowest BCUT2D eigenvalue weighted by molar-refractivity contribution is -0.247. The van der Waals surface area contributed by atoms with Crippen molar-refractivity contribution in [3.8, 4) is 0 Å². The predicted molar refractivity (Wildman–Crippen MR) is 68.3 cm³/mol. The van der Waals surface area contributed by atoms with Gasteiger partial charge in [-0.2, -0.15) is 0 Å². The third-order valence-electron chi connectivity index (χ3n) is 3.36. The van der Waals surface area contributed by atoms with E-state index in [0.717, 1.165) is 18.9 Å². The van der Waals surface area contributed by atoms with Crippen LogP contribution in [0.3, 0.4) is 0 Å². The maximum Gasteiger partial charge on any atom is 0.162 e. The summed E-state index contributed by atoms with van der Waals surface area (Å²) < 4.78 is 16.7. The number of anilines is 1. The Labute approximate surface area is 107 Å². The molecular weight excluding hydrogens is 230 g/mol. The van der Waals surface area contributed by atoms with Crippen LogP contribution in [0.4, 0.5) is 5.69 Å². The van der Waals surface area contributed by atoms with E-state index in [4.69, 9.17) is 14.2 Å². The van der Waals surface area contributed by atoms with E-state index in [1.54, 1.807) is 0 Å². The van der Waals surface area contributed by atoms with Crippen LogP contribution < -0.4 is 5.32 Å². The molecule has 18 heavy (non-hydrogen) atoms. The molecule has 0 atom stereocenters. The van der Waals surface area contributed by atoms with Crippen LogP contribution in [0.15, 0.2) is 18.2 Å². The van der Waals surface area contributed by atoms with Gasteiger partial charge in [0.15, 0.2) is 5.79 Å². The second kappa shape index (κ2) is 4.53. The van der Waals surface area contributed by atoms with E-state index in [0.29, 0.717) is 13.2 Å². The lowest BCUT2D eigenvalue weighted by Crippen LogP contribution is -2.45. The van der Waals surface area contributed by atoms with Crippen molar-refractivity contribution < 1.29 is 14.2 Å². The van der Waals surface area contributed by atoms with E-state index in [-0.39, 0.29) is 6.04 Å². The van der Waals surface area contributed by atoms with Gasteiger partial charge >= 0.3 is 0 Å². The molecule has 1 aromatic carbocycles. The maximum atomic E-state index is 5.63. The number of fused-ring (bicyclic) bond motifs is 1. The summed E-state index contributed by atoms with van der Waals surface area (Å²) in [6.07, 6.45) is 0. The van der Waals surface area contributed by atoms with E-state index in [2.05, 4.69) is 23.5 Å². The summed E-state index contributed by atoms with van der Waals surface area (Å²) in [5.41, 5.74) is 3.67. The van der Waals surface area contributed by atoms with E-state index in [1.165, 1.54) is 11.1 Å². The first-order valence-electron chi connectivity index (χ1n) is 6.36. The van der Waals surface area contributed by atoms with Gasteiger partial charge in [-0.05, 0) is 37.1 Å². The monoisotopic (exact) mass is 249 g/mol. The number of hydrogen-bond acceptors (Lipinski definition) is 4. The van der Waals surface area contributed by atoms with Crippen LogP contribution in [0.1, 0.15) is 25.0 Å². The molecule has 2 aliphatic rings. The van der Waals surface area contributed by atoms with E-state index in [1.807, 2.05) is 13.8 Å². The van der Waals surface area contributed by atoms with Gasteiger partial charge in [-0.25, -0.2) is 0 Å². The van der Waals surface area contributed by atoms with Crippen LogP contribution in [-0.2, 0) is 27.4 Å². The van der Waals surface area contributed by atoms with Gasteiger partial charge in [-0.15, -0.1) is 0 Å². The summed E-state index contributed by atoms with van der Waals surface area (Å²) in [6.45, 7) is 6.67. The molecule has 4 nitrogen and oxygen atoms in total. The van der Waals surface area contributed by atoms with Gasteiger partial charge in [-0.3, -0.25) is 0 Å². The largest absolute Gasteiger partial charge is 0.378 e. The Kier molecular flexibility index (Phi) is 3.01. The Morgan fingerprint density at radius 3 is 2.61 bits per heavy atom. The van der Waals surface area contributed by atoms with Crippen molar-refractivity contribution in [3.05, 3.63) is 29.3 Å². The van der Waals surface area contributed by atoms with Crippen LogP contribution in [0.25, 0.3) is 0 Å². The fourth-order valence-corrected chi connectivity index (χ4v) is 2.27. The number of benzene rings is 1. The zero-order valence-electron chi connectivity index (χ0n) is 10.9. The molecule has 0 aromatic heterocycles. The molecule has 3 rings (SSSR count). The minimum Gasteiger partial charge on any atom is -0.378 e. The Bertz CT molecular complexity index is 435. The van der Waals surface area contributed by atoms with Crippen molar-refractivity contribution in [3.63, 3.8) is 0 Å². The van der Waals surface area contributed by atoms with Gasteiger partial charge in [0.25, 0.3) is 0 Å². The first-order valence-corrected chi connectivity index (χ1v) is 6.36. The fraction of sp³-hybridized carbons (Fsp3) is 0.571. The van der Waals surface area contributed by atoms with Gasteiger partial charge in [0.2, 0.25) is 0 Å². The second-order valence-electron chi connectivity index (χ2n) is 5.34. The topological polar surface area (TPSA) is 39.7 Å². The molecule has 1 aromatic rings. The summed E-state index contributed by atoms with van der Waals surface area (Å²) in [5, 5.41) is 3.44. The summed E-state index contributed by atoms with van der Waals surface area (Å²) in [7, 11) is 0. The smallest absolute Gasteiger partial charge is 0.162 e. The van der Waals surface area contributed by atoms with Crippen molar-refractivity contribution in [2.24, 2.45) is 0 Å². The van der Waals surface area contributed by atoms with E-state index in [9.17, 15) is 0 Å². The molecule has 1 saturated heterocycles. The molecular formula is C14H19NO3. The summed E-state index contributed by atoms with van der Waals surface area (Å²) in [5.74, 6) is -0.454. The first kappa shape index (κ1) is 12.0. The van der Waals surface area contributed by atoms with Gasteiger partial charge in [0.1, 0.15) is 0 Å². The van der Waals surface area contributed by atoms with Crippen molar-refractivity contribution in [1.82, 2.24) is 0 Å². The standard InChI is InChI=1S/C14H19NO3/c1-14(2)17-8-13(9-18-14)15-12-4-3-10-6-16-7-11(10)5-12/h3-5,13,15H,6-9H2,1-2H3. The second-order valence-corrected chi connectivity index (χ2v) is 5.34. The SMILES string of the molecule is CC1(C)OCC(Nc2ccc3c(c2)COC3)CO1. The normalized spacial score (nSPS) is 22.8. The highest BCUT2D eigenvalue weighted by Crippen LogP contribution is 2.25. The third-order valence-corrected chi connectivity index (χ3v) is 3.36. The highest BCUT2D eigenvalue weighted by molar-refractivity contribution is 5.50. The molecule has 98 valence electrons. The van der Waals surface area contributed by atoms with Crippen LogP contribution >= 0.6 is 0 Å². The lowest BCUT2D eigenvalue weighted by atomic mass is 10.1. The van der Waals surface area contributed by atoms with E-state index < -0.39 is 5.79 Å². The maximum absolute atomic E-state index is 5.63. The molecule has 4 heteroatoms. The molecule has 2 aliphatic heterocycles. The van der Waals surface area contributed by atoms with Crippen LogP contribution in [0, 0.1) is 0 Å². The summed E-state index contributed by atoms with van der Waals surface area (Å²) >= 11 is 0. The Morgan fingerprint density at radius 2 is 1.83 bits per heavy atom. The predicted octanol–water partition coefficient (Wildman–Crippen LogP) is 2.28. The van der Waals surface area contributed by atoms with Crippen molar-refractivity contribution in [2.75, 3.05) is 18.5 Å². The van der Waals surface area contributed by atoms with Crippen LogP contribution in [0.2, 0.25) is 0 Å². The van der Waals surface area contributed by atoms with Crippen molar-refractivity contribution in [1.29, 1.82) is 0 Å². The Balaban J connectivity index is 1.63. The molecule has 0 unspecified atom stereocenters. The first-order chi connectivity index (χ1) is 8.62. The lowest BCUT2D eigenvalue weighted by Gasteiger charge is -2.35. The molecule has 0 saturated carbocycles. The number of ether oxygens (including phenoxy) is 3. The minimum absolute atomic E-state index is 0.207. The zero-order chi connectivity index (χ0) is 12.6. The number of hydrogen-bond donors (Lipinski definition) is 1. The summed E-state index contributed by atoms with van der Waals surface area (Å²) in [6, 6.07) is 6.58. The zero-order valence-corrected chi connectivity index (χ0v) is 10.9. The molecule has 0 spiro atoms. The van der Waals surface area contributed by atoms with Crippen molar-refractivity contribution >= 4 is 5.69 Å². The minimum atomic E-state index is -0.454. The highest BCUT2D eigenvalue weighted by Gasteiger charge is 2.28. The molecule has 1 N–H and O–H groups in total. The molecule has 0 bridgehead atoms. The van der Waals surface area contributed by atoms with Gasteiger partial charge in [0, 0.05) is 5.69 Å². The van der Waals surface area contributed by atoms with Gasteiger partial charge in [-0.1, -0.05) is 6.07 Å². The number of nitrogens with one attached hydrogen (secondary N) is 1. The number of rotatable bonds is 2. The van der Waals surface area contributed by atoms with E-state index >= 15 is 0 Å². The van der Waals surface area contributed by atoms with Crippen LogP contribution in [0.5, 0.6) is 0 Å². The van der Waals surface area contributed by atoms with Gasteiger partial charge in [0.05, 0.1) is 32.5 Å². The average Bonchev–Trinajstić information content (AvgIpc) is 2.79. The summed E-state index contributed by atoms with van der Waals surface area (Å²) in [4.78, 5) is 0. The molecule has 0 radical (unpaired) electrons. The molecule has 0 amide bonds.